The first kappa shape index (κ1) is 16.5. The molecule has 0 aliphatic heterocycles. The second-order valence-electron chi connectivity index (χ2n) is 4.54. The van der Waals surface area contributed by atoms with Crippen LogP contribution in [0.15, 0.2) is 42.5 Å². The first-order chi connectivity index (χ1) is 10.4. The van der Waals surface area contributed by atoms with E-state index in [0.717, 1.165) is 13.2 Å². The van der Waals surface area contributed by atoms with E-state index < -0.39 is 17.7 Å². The Balaban J connectivity index is 2.75. The van der Waals surface area contributed by atoms with Gasteiger partial charge in [-0.1, -0.05) is 46.3 Å². The molecular weight excluding hydrogens is 361 g/mol. The van der Waals surface area contributed by atoms with Gasteiger partial charge < -0.3 is 4.74 Å². The molecule has 0 aliphatic rings. The van der Waals surface area contributed by atoms with Gasteiger partial charge in [-0.3, -0.25) is 0 Å². The van der Waals surface area contributed by atoms with Gasteiger partial charge in [0.15, 0.2) is 0 Å². The first-order valence-electron chi connectivity index (χ1n) is 6.32. The van der Waals surface area contributed by atoms with Crippen molar-refractivity contribution in [2.75, 3.05) is 7.11 Å². The average Bonchev–Trinajstić information content (AvgIpc) is 2.52. The third-order valence-corrected chi connectivity index (χ3v) is 3.79. The lowest BCUT2D eigenvalue weighted by atomic mass is 9.94. The molecule has 2 rings (SSSR count). The fourth-order valence-corrected chi connectivity index (χ4v) is 2.62. The van der Waals surface area contributed by atoms with Crippen LogP contribution in [0.5, 0.6) is 0 Å². The van der Waals surface area contributed by atoms with Gasteiger partial charge in [0.05, 0.1) is 18.2 Å². The minimum atomic E-state index is -4.54. The van der Waals surface area contributed by atoms with E-state index in [0.29, 0.717) is 11.1 Å². The van der Waals surface area contributed by atoms with Crippen LogP contribution in [-0.4, -0.2) is 13.1 Å². The van der Waals surface area contributed by atoms with Crippen molar-refractivity contribution in [3.05, 3.63) is 59.2 Å². The summed E-state index contributed by atoms with van der Waals surface area (Å²) >= 11 is 3.07. The highest BCUT2D eigenvalue weighted by atomic mass is 79.9. The smallest absolute Gasteiger partial charge is 0.416 e. The SMILES string of the molecule is COC(=O)c1cc(C(F)(F)F)c(CBr)cc1-c1ccccc1. The summed E-state index contributed by atoms with van der Waals surface area (Å²) in [4.78, 5) is 11.9. The maximum Gasteiger partial charge on any atom is 0.416 e. The van der Waals surface area contributed by atoms with Crippen LogP contribution in [0.3, 0.4) is 0 Å². The number of carbonyl (C=O) groups is 1. The number of hydrogen-bond donors (Lipinski definition) is 0. The molecule has 0 saturated carbocycles. The van der Waals surface area contributed by atoms with Gasteiger partial charge in [0.1, 0.15) is 0 Å². The third kappa shape index (κ3) is 3.32. The lowest BCUT2D eigenvalue weighted by Gasteiger charge is -2.16. The highest BCUT2D eigenvalue weighted by Gasteiger charge is 2.35. The average molecular weight is 373 g/mol. The number of benzene rings is 2. The van der Waals surface area contributed by atoms with Crippen molar-refractivity contribution in [2.45, 2.75) is 11.5 Å². The zero-order valence-corrected chi connectivity index (χ0v) is 13.2. The Bertz CT molecular complexity index is 682. The molecule has 116 valence electrons. The number of rotatable bonds is 3. The number of esters is 1. The second kappa shape index (κ2) is 6.52. The summed E-state index contributed by atoms with van der Waals surface area (Å²) in [7, 11) is 1.14. The molecule has 0 heterocycles. The largest absolute Gasteiger partial charge is 0.465 e. The maximum atomic E-state index is 13.1. The monoisotopic (exact) mass is 372 g/mol. The fraction of sp³-hybridized carbons (Fsp3) is 0.188. The summed E-state index contributed by atoms with van der Waals surface area (Å²) < 4.78 is 44.1. The molecule has 0 unspecified atom stereocenters. The Morgan fingerprint density at radius 2 is 1.82 bits per heavy atom. The third-order valence-electron chi connectivity index (χ3n) is 3.18. The van der Waals surface area contributed by atoms with E-state index in [9.17, 15) is 18.0 Å². The van der Waals surface area contributed by atoms with E-state index in [2.05, 4.69) is 20.7 Å². The van der Waals surface area contributed by atoms with Gasteiger partial charge in [0.2, 0.25) is 0 Å². The van der Waals surface area contributed by atoms with Crippen molar-refractivity contribution in [3.63, 3.8) is 0 Å². The summed E-state index contributed by atoms with van der Waals surface area (Å²) in [5.41, 5.74) is 0.183. The first-order valence-corrected chi connectivity index (χ1v) is 7.44. The van der Waals surface area contributed by atoms with Crippen molar-refractivity contribution >= 4 is 21.9 Å². The fourth-order valence-electron chi connectivity index (χ4n) is 2.15. The van der Waals surface area contributed by atoms with Crippen LogP contribution in [0.25, 0.3) is 11.1 Å². The number of carbonyl (C=O) groups excluding carboxylic acids is 1. The number of halogens is 4. The predicted octanol–water partition coefficient (Wildman–Crippen LogP) is 5.05. The molecule has 0 atom stereocenters. The topological polar surface area (TPSA) is 26.3 Å². The second-order valence-corrected chi connectivity index (χ2v) is 5.10. The number of hydrogen-bond acceptors (Lipinski definition) is 2. The van der Waals surface area contributed by atoms with Crippen molar-refractivity contribution in [2.24, 2.45) is 0 Å². The van der Waals surface area contributed by atoms with E-state index in [-0.39, 0.29) is 16.5 Å². The Labute approximate surface area is 134 Å². The van der Waals surface area contributed by atoms with Crippen LogP contribution >= 0.6 is 15.9 Å². The van der Waals surface area contributed by atoms with Crippen molar-refractivity contribution in [1.29, 1.82) is 0 Å². The normalized spacial score (nSPS) is 11.3. The molecule has 0 radical (unpaired) electrons. The molecule has 0 N–H and O–H groups in total. The molecule has 0 aromatic heterocycles. The molecule has 0 bridgehead atoms. The van der Waals surface area contributed by atoms with Crippen LogP contribution in [0.2, 0.25) is 0 Å². The lowest BCUT2D eigenvalue weighted by molar-refractivity contribution is -0.138. The van der Waals surface area contributed by atoms with E-state index in [1.807, 2.05) is 0 Å². The molecule has 2 nitrogen and oxygen atoms in total. The van der Waals surface area contributed by atoms with Crippen LogP contribution in [0, 0.1) is 0 Å². The van der Waals surface area contributed by atoms with Crippen molar-refractivity contribution in [1.82, 2.24) is 0 Å². The zero-order chi connectivity index (χ0) is 16.3. The van der Waals surface area contributed by atoms with Gasteiger partial charge in [-0.05, 0) is 28.8 Å². The number of ether oxygens (including phenoxy) is 1. The Kier molecular flexibility index (Phi) is 4.90. The molecule has 0 spiro atoms. The predicted molar refractivity (Wildman–Crippen MR) is 80.9 cm³/mol. The molecule has 22 heavy (non-hydrogen) atoms. The number of methoxy groups -OCH3 is 1. The molecule has 6 heteroatoms. The van der Waals surface area contributed by atoms with E-state index in [1.54, 1.807) is 30.3 Å². The highest BCUT2D eigenvalue weighted by Crippen LogP contribution is 2.37. The summed E-state index contributed by atoms with van der Waals surface area (Å²) in [5, 5.41) is 0.0309. The van der Waals surface area contributed by atoms with E-state index in [1.165, 1.54) is 6.07 Å². The summed E-state index contributed by atoms with van der Waals surface area (Å²) in [6.45, 7) is 0. The van der Waals surface area contributed by atoms with Gasteiger partial charge in [-0.2, -0.15) is 13.2 Å². The summed E-state index contributed by atoms with van der Waals surface area (Å²) in [6.07, 6.45) is -4.54. The van der Waals surface area contributed by atoms with Crippen LogP contribution < -0.4 is 0 Å². The van der Waals surface area contributed by atoms with Gasteiger partial charge >= 0.3 is 12.1 Å². The lowest BCUT2D eigenvalue weighted by Crippen LogP contribution is -2.13. The highest BCUT2D eigenvalue weighted by molar-refractivity contribution is 9.08. The molecule has 2 aromatic carbocycles. The molecule has 2 aromatic rings. The van der Waals surface area contributed by atoms with Crippen LogP contribution in [-0.2, 0) is 16.2 Å². The standard InChI is InChI=1S/C16H12BrF3O2/c1-22-15(21)13-8-14(16(18,19)20)11(9-17)7-12(13)10-5-3-2-4-6-10/h2-8H,9H2,1H3. The van der Waals surface area contributed by atoms with Gasteiger partial charge in [0, 0.05) is 5.33 Å². The summed E-state index contributed by atoms with van der Waals surface area (Å²) in [5.74, 6) is -0.800. The van der Waals surface area contributed by atoms with Crippen molar-refractivity contribution in [3.8, 4) is 11.1 Å². The van der Waals surface area contributed by atoms with Crippen LogP contribution in [0.4, 0.5) is 13.2 Å². The Hall–Kier alpha value is -1.82. The quantitative estimate of drug-likeness (QED) is 0.556. The zero-order valence-electron chi connectivity index (χ0n) is 11.6. The molecule has 0 fully saturated rings. The Morgan fingerprint density at radius 3 is 2.32 bits per heavy atom. The van der Waals surface area contributed by atoms with Crippen LogP contribution in [0.1, 0.15) is 21.5 Å². The maximum absolute atomic E-state index is 13.1. The molecule has 0 amide bonds. The van der Waals surface area contributed by atoms with E-state index >= 15 is 0 Å². The Morgan fingerprint density at radius 1 is 1.18 bits per heavy atom. The van der Waals surface area contributed by atoms with Crippen molar-refractivity contribution < 1.29 is 22.7 Å². The molecule has 0 saturated heterocycles. The van der Waals surface area contributed by atoms with Gasteiger partial charge in [-0.15, -0.1) is 0 Å². The van der Waals surface area contributed by atoms with Gasteiger partial charge in [-0.25, -0.2) is 4.79 Å². The summed E-state index contributed by atoms with van der Waals surface area (Å²) in [6, 6.07) is 11.0. The minimum Gasteiger partial charge on any atom is -0.465 e. The number of alkyl halides is 4. The molecule has 0 aliphatic carbocycles. The molecular formula is C16H12BrF3O2. The van der Waals surface area contributed by atoms with Gasteiger partial charge in [0.25, 0.3) is 0 Å². The minimum absolute atomic E-state index is 0.0309. The van der Waals surface area contributed by atoms with E-state index in [4.69, 9.17) is 0 Å².